The third kappa shape index (κ3) is 49.2. The molecule has 0 aromatic carbocycles. The Morgan fingerprint density at radius 2 is 1.08 bits per heavy atom. The van der Waals surface area contributed by atoms with Gasteiger partial charge in [-0.3, -0.25) is 0 Å². The predicted molar refractivity (Wildman–Crippen MR) is 55.9 cm³/mol. The zero-order valence-corrected chi connectivity index (χ0v) is 7.58. The molecule has 0 aromatic rings. The summed E-state index contributed by atoms with van der Waals surface area (Å²) >= 11 is 0. The number of aliphatic hydroxyl groups excluding tert-OH is 3. The van der Waals surface area contributed by atoms with Crippen LogP contribution in [0.1, 0.15) is 26.7 Å². The topological polar surface area (TPSA) is 122 Å². The molecule has 0 aromatic heterocycles. The molecule has 0 radical (unpaired) electrons. The van der Waals surface area contributed by atoms with E-state index in [1.54, 1.807) is 0 Å². The smallest absolute Gasteiger partial charge is 0.0553 e. The van der Waals surface area contributed by atoms with Gasteiger partial charge in [0.05, 0.1) is 6.61 Å². The van der Waals surface area contributed by atoms with Crippen molar-refractivity contribution in [3.8, 4) is 0 Å². The van der Waals surface area contributed by atoms with Crippen molar-refractivity contribution in [2.24, 2.45) is 5.73 Å². The van der Waals surface area contributed by atoms with Gasteiger partial charge in [-0.2, -0.15) is 0 Å². The van der Waals surface area contributed by atoms with Crippen molar-refractivity contribution in [1.82, 2.24) is 6.15 Å². The van der Waals surface area contributed by atoms with Crippen LogP contribution in [0.15, 0.2) is 0 Å². The van der Waals surface area contributed by atoms with E-state index in [1.807, 2.05) is 0 Å². The number of nitrogens with two attached hydrogens (primary N) is 1. The van der Waals surface area contributed by atoms with Gasteiger partial charge in [-0.05, 0) is 19.3 Å². The molecule has 13 heavy (non-hydrogen) atoms. The number of unbranched alkanes of at least 4 members (excludes halogenated alkanes) is 2. The van der Waals surface area contributed by atoms with E-state index < -0.39 is 0 Å². The van der Waals surface area contributed by atoms with Gasteiger partial charge in [0.15, 0.2) is 0 Å². The summed E-state index contributed by atoms with van der Waals surface area (Å²) in [6.45, 7) is 0.972. The molecule has 0 saturated carbocycles. The third-order valence-electron chi connectivity index (χ3n) is 0.945. The molecule has 0 bridgehead atoms. The molecule has 8 N–H and O–H groups in total. The Morgan fingerprint density at radius 1 is 0.769 bits per heavy atom. The lowest BCUT2D eigenvalue weighted by molar-refractivity contribution is 0.257. The lowest BCUT2D eigenvalue weighted by Gasteiger charge is -1.90. The van der Waals surface area contributed by atoms with E-state index in [4.69, 9.17) is 21.1 Å². The van der Waals surface area contributed by atoms with E-state index in [0.717, 1.165) is 19.3 Å². The average Bonchev–Trinajstić information content (AvgIpc) is 2.06. The molecule has 0 saturated heterocycles. The number of aliphatic hydroxyl groups is 3. The van der Waals surface area contributed by atoms with E-state index >= 15 is 0 Å². The molecule has 0 rings (SSSR count). The highest BCUT2D eigenvalue weighted by molar-refractivity contribution is 4.35. The summed E-state index contributed by atoms with van der Waals surface area (Å²) in [6, 6.07) is 0. The Hall–Kier alpha value is -0.200. The highest BCUT2D eigenvalue weighted by atomic mass is 16.3. The zero-order chi connectivity index (χ0) is 8.95. The minimum absolute atomic E-state index is 0. The predicted octanol–water partition coefficient (Wildman–Crippen LogP) is -0.123. The minimum atomic E-state index is 0. The molecule has 0 atom stereocenters. The Balaban J connectivity index is -0.0000000600. The Morgan fingerprint density at radius 3 is 1.23 bits per heavy atom. The van der Waals surface area contributed by atoms with E-state index in [0.29, 0.717) is 6.54 Å². The maximum atomic E-state index is 8.21. The van der Waals surface area contributed by atoms with Crippen LogP contribution < -0.4 is 11.9 Å². The summed E-state index contributed by atoms with van der Waals surface area (Å²) in [5.74, 6) is 0. The van der Waals surface area contributed by atoms with Crippen molar-refractivity contribution in [2.45, 2.75) is 26.7 Å². The van der Waals surface area contributed by atoms with E-state index in [2.05, 4.69) is 0 Å². The second-order valence-electron chi connectivity index (χ2n) is 2.02. The molecule has 5 heteroatoms. The number of hydrogen-bond acceptors (Lipinski definition) is 5. The van der Waals surface area contributed by atoms with Crippen LogP contribution >= 0.6 is 0 Å². The van der Waals surface area contributed by atoms with Crippen molar-refractivity contribution in [2.75, 3.05) is 26.4 Å². The Bertz CT molecular complexity index is 50.7. The number of hydrogen-bond donors (Lipinski definition) is 5. The average molecular weight is 198 g/mol. The third-order valence-corrected chi connectivity index (χ3v) is 0.945. The lowest BCUT2D eigenvalue weighted by atomic mass is 10.2. The van der Waals surface area contributed by atoms with Crippen molar-refractivity contribution >= 4 is 0 Å². The van der Waals surface area contributed by atoms with Gasteiger partial charge in [0.2, 0.25) is 0 Å². The second-order valence-corrected chi connectivity index (χ2v) is 2.02. The lowest BCUT2D eigenvalue weighted by Crippen LogP contribution is -2.02. The maximum Gasteiger partial charge on any atom is 0.0553 e. The highest BCUT2D eigenvalue weighted by Gasteiger charge is 1.81. The molecule has 0 heterocycles. The van der Waals surface area contributed by atoms with Gasteiger partial charge in [0.25, 0.3) is 0 Å². The maximum absolute atomic E-state index is 8.21. The largest absolute Gasteiger partial charge is 0.396 e. The molecule has 0 fully saturated rings. The van der Waals surface area contributed by atoms with E-state index in [-0.39, 0.29) is 33.4 Å². The first-order valence-electron chi connectivity index (χ1n) is 3.86. The van der Waals surface area contributed by atoms with Crippen molar-refractivity contribution in [3.05, 3.63) is 0 Å². The summed E-state index contributed by atoms with van der Waals surface area (Å²) in [5, 5.41) is 24.2. The van der Waals surface area contributed by atoms with Gasteiger partial charge in [-0.25, -0.2) is 0 Å². The fourth-order valence-corrected chi connectivity index (χ4v) is 0.400. The highest BCUT2D eigenvalue weighted by Crippen LogP contribution is 1.90. The van der Waals surface area contributed by atoms with Gasteiger partial charge in [0.1, 0.15) is 0 Å². The molecular weight excluding hydrogens is 172 g/mol. The fourth-order valence-electron chi connectivity index (χ4n) is 0.400. The van der Waals surface area contributed by atoms with Crippen LogP contribution in [-0.2, 0) is 0 Å². The molecule has 0 aliphatic carbocycles. The summed E-state index contributed by atoms with van der Waals surface area (Å²) in [5.41, 5.74) is 4.78. The van der Waals surface area contributed by atoms with Crippen molar-refractivity contribution < 1.29 is 15.3 Å². The van der Waals surface area contributed by atoms with Crippen molar-refractivity contribution in [1.29, 1.82) is 0 Å². The van der Waals surface area contributed by atoms with Gasteiger partial charge < -0.3 is 27.2 Å². The van der Waals surface area contributed by atoms with Crippen LogP contribution in [-0.4, -0.2) is 41.7 Å². The Labute approximate surface area is 81.2 Å². The standard InChI is InChI=1S/C5H12O2.C2H7NO.CH4.H3N/c6-4-2-1-3-5-7;3-1-2-4;;/h6-7H,1-5H2;4H,1-3H2;1H4;1H3. The zero-order valence-electron chi connectivity index (χ0n) is 7.58. The monoisotopic (exact) mass is 198 g/mol. The first-order chi connectivity index (χ1) is 5.33. The first kappa shape index (κ1) is 23.0. The van der Waals surface area contributed by atoms with Gasteiger partial charge in [0, 0.05) is 19.8 Å². The molecular formula is C8H26N2O3. The molecule has 0 amide bonds. The molecule has 0 unspecified atom stereocenters. The summed E-state index contributed by atoms with van der Waals surface area (Å²) in [4.78, 5) is 0. The second kappa shape index (κ2) is 29.8. The first-order valence-corrected chi connectivity index (χ1v) is 3.86. The van der Waals surface area contributed by atoms with E-state index in [1.165, 1.54) is 0 Å². The van der Waals surface area contributed by atoms with Crippen LogP contribution in [0.2, 0.25) is 0 Å². The molecule has 0 spiro atoms. The van der Waals surface area contributed by atoms with Crippen LogP contribution in [0, 0.1) is 0 Å². The van der Waals surface area contributed by atoms with Crippen LogP contribution in [0.5, 0.6) is 0 Å². The minimum Gasteiger partial charge on any atom is -0.396 e. The normalized spacial score (nSPS) is 7.38. The fraction of sp³-hybridized carbons (Fsp3) is 1.00. The molecule has 0 aliphatic rings. The van der Waals surface area contributed by atoms with E-state index in [9.17, 15) is 0 Å². The number of rotatable bonds is 5. The molecule has 0 aliphatic heterocycles. The summed E-state index contributed by atoms with van der Waals surface area (Å²) in [6.07, 6.45) is 2.58. The van der Waals surface area contributed by atoms with Gasteiger partial charge >= 0.3 is 0 Å². The van der Waals surface area contributed by atoms with Gasteiger partial charge in [-0.1, -0.05) is 7.43 Å². The van der Waals surface area contributed by atoms with Gasteiger partial charge in [-0.15, -0.1) is 0 Å². The molecule has 5 nitrogen and oxygen atoms in total. The summed E-state index contributed by atoms with van der Waals surface area (Å²) in [7, 11) is 0. The van der Waals surface area contributed by atoms with Crippen molar-refractivity contribution in [3.63, 3.8) is 0 Å². The van der Waals surface area contributed by atoms with Crippen LogP contribution in [0.4, 0.5) is 0 Å². The van der Waals surface area contributed by atoms with Crippen LogP contribution in [0.3, 0.4) is 0 Å². The molecule has 86 valence electrons. The SMILES string of the molecule is C.N.NCCO.OCCCCCO. The Kier molecular flexibility index (Phi) is 52.7. The van der Waals surface area contributed by atoms with Crippen LogP contribution in [0.25, 0.3) is 0 Å². The summed E-state index contributed by atoms with van der Waals surface area (Å²) < 4.78 is 0. The quantitative estimate of drug-likeness (QED) is 0.394.